The van der Waals surface area contributed by atoms with Crippen LogP contribution < -0.4 is 22.4 Å². The molecule has 20 heavy (non-hydrogen) atoms. The number of nitrogens with zero attached hydrogens (tertiary/aromatic N) is 1. The molecule has 0 atom stereocenters. The van der Waals surface area contributed by atoms with E-state index in [1.165, 1.54) is 11.3 Å². The number of nitrogen functional groups attached to an aromatic ring is 2. The van der Waals surface area contributed by atoms with Crippen molar-refractivity contribution < 1.29 is 4.74 Å². The Balaban J connectivity index is 2.26. The summed E-state index contributed by atoms with van der Waals surface area (Å²) in [5.41, 5.74) is 9.80. The van der Waals surface area contributed by atoms with Crippen LogP contribution in [-0.2, 0) is 17.8 Å². The Morgan fingerprint density at radius 1 is 1.50 bits per heavy atom. The number of pyridine rings is 1. The molecule has 1 aliphatic rings. The van der Waals surface area contributed by atoms with Gasteiger partial charge in [0.1, 0.15) is 15.5 Å². The molecule has 0 aliphatic carbocycles. The van der Waals surface area contributed by atoms with Gasteiger partial charge in [-0.2, -0.15) is 0 Å². The summed E-state index contributed by atoms with van der Waals surface area (Å²) in [7, 11) is 0. The molecule has 2 aromatic rings. The zero-order valence-electron chi connectivity index (χ0n) is 11.3. The quantitative estimate of drug-likeness (QED) is 0.542. The topological polar surface area (TPSA) is 103 Å². The summed E-state index contributed by atoms with van der Waals surface area (Å²) < 4.78 is 5.75. The van der Waals surface area contributed by atoms with E-state index in [4.69, 9.17) is 16.3 Å². The second-order valence-electron chi connectivity index (χ2n) is 5.49. The lowest BCUT2D eigenvalue weighted by molar-refractivity contribution is -0.0411. The van der Waals surface area contributed by atoms with Gasteiger partial charge in [-0.1, -0.05) is 11.3 Å². The van der Waals surface area contributed by atoms with Crippen LogP contribution in [0.5, 0.6) is 0 Å². The molecule has 106 valence electrons. The summed E-state index contributed by atoms with van der Waals surface area (Å²) in [5, 5.41) is 0.967. The summed E-state index contributed by atoms with van der Waals surface area (Å²) in [6.45, 7) is 4.52. The van der Waals surface area contributed by atoms with Gasteiger partial charge in [-0.3, -0.25) is 4.79 Å². The first kappa shape index (κ1) is 13.3. The molecule has 0 radical (unpaired) electrons. The molecule has 0 spiro atoms. The van der Waals surface area contributed by atoms with Crippen LogP contribution in [-0.4, -0.2) is 10.6 Å². The molecule has 0 saturated heterocycles. The number of hydrogen-bond acceptors (Lipinski definition) is 7. The third-order valence-electron chi connectivity index (χ3n) is 3.43. The van der Waals surface area contributed by atoms with Crippen LogP contribution in [0.15, 0.2) is 10.9 Å². The number of nitrogens with two attached hydrogens (primary N) is 2. The molecular weight excluding hydrogens is 276 g/mol. The molecule has 0 amide bonds. The van der Waals surface area contributed by atoms with Crippen LogP contribution in [0.1, 0.15) is 25.1 Å². The molecule has 5 N–H and O–H groups in total. The van der Waals surface area contributed by atoms with Crippen LogP contribution in [0.25, 0.3) is 10.2 Å². The van der Waals surface area contributed by atoms with E-state index in [2.05, 4.69) is 10.4 Å². The predicted molar refractivity (Wildman–Crippen MR) is 80.7 cm³/mol. The van der Waals surface area contributed by atoms with Gasteiger partial charge in [-0.25, -0.2) is 10.8 Å². The number of rotatable bonds is 1. The maximum Gasteiger partial charge on any atom is 0.214 e. The van der Waals surface area contributed by atoms with Crippen LogP contribution in [0.4, 0.5) is 10.7 Å². The van der Waals surface area contributed by atoms with Crippen molar-refractivity contribution in [2.75, 3.05) is 11.2 Å². The second-order valence-corrected chi connectivity index (χ2v) is 6.49. The van der Waals surface area contributed by atoms with E-state index in [0.29, 0.717) is 21.8 Å². The normalized spacial score (nSPS) is 16.9. The average molecular weight is 292 g/mol. The van der Waals surface area contributed by atoms with Crippen molar-refractivity contribution in [2.45, 2.75) is 32.5 Å². The smallest absolute Gasteiger partial charge is 0.214 e. The van der Waals surface area contributed by atoms with Crippen LogP contribution >= 0.6 is 11.3 Å². The minimum Gasteiger partial charge on any atom is -0.393 e. The first-order valence-corrected chi connectivity index (χ1v) is 7.08. The highest BCUT2D eigenvalue weighted by Gasteiger charge is 2.28. The molecule has 2 aromatic heterocycles. The van der Waals surface area contributed by atoms with Crippen molar-refractivity contribution in [1.82, 2.24) is 4.98 Å². The Morgan fingerprint density at radius 3 is 2.95 bits per heavy atom. The van der Waals surface area contributed by atoms with Gasteiger partial charge in [0.2, 0.25) is 5.43 Å². The van der Waals surface area contributed by atoms with E-state index in [0.717, 1.165) is 17.7 Å². The Hall–Kier alpha value is -1.70. The molecule has 7 heteroatoms. The summed E-state index contributed by atoms with van der Waals surface area (Å²) in [6, 6.07) is 1.84. The van der Waals surface area contributed by atoms with Crippen LogP contribution in [0.3, 0.4) is 0 Å². The molecule has 1 aliphatic heterocycles. The van der Waals surface area contributed by atoms with E-state index in [9.17, 15) is 4.79 Å². The monoisotopic (exact) mass is 292 g/mol. The largest absolute Gasteiger partial charge is 0.393 e. The lowest BCUT2D eigenvalue weighted by Gasteiger charge is -2.31. The maximum absolute atomic E-state index is 12.2. The minimum absolute atomic E-state index is 0.129. The fourth-order valence-corrected chi connectivity index (χ4v) is 3.20. The first-order chi connectivity index (χ1) is 9.41. The predicted octanol–water partition coefficient (Wildman–Crippen LogP) is 1.38. The average Bonchev–Trinajstić information content (AvgIpc) is 2.40. The SMILES string of the molecule is CC1(C)Cc2nc3sc(NN)c(N)c(=O)c3cc2CO1. The van der Waals surface area contributed by atoms with Gasteiger partial charge in [-0.15, -0.1) is 0 Å². The lowest BCUT2D eigenvalue weighted by atomic mass is 9.95. The van der Waals surface area contributed by atoms with E-state index >= 15 is 0 Å². The van der Waals surface area contributed by atoms with Gasteiger partial charge in [-0.05, 0) is 19.9 Å². The lowest BCUT2D eigenvalue weighted by Crippen LogP contribution is -2.32. The highest BCUT2D eigenvalue weighted by atomic mass is 32.1. The summed E-state index contributed by atoms with van der Waals surface area (Å²) in [5.74, 6) is 5.39. The van der Waals surface area contributed by atoms with Crippen molar-refractivity contribution in [2.24, 2.45) is 5.84 Å². The van der Waals surface area contributed by atoms with Crippen molar-refractivity contribution in [1.29, 1.82) is 0 Å². The van der Waals surface area contributed by atoms with Crippen LogP contribution in [0.2, 0.25) is 0 Å². The van der Waals surface area contributed by atoms with Gasteiger partial charge in [0, 0.05) is 12.0 Å². The fourth-order valence-electron chi connectivity index (χ4n) is 2.33. The van der Waals surface area contributed by atoms with Gasteiger partial charge in [0.25, 0.3) is 0 Å². The summed E-state index contributed by atoms with van der Waals surface area (Å²) in [4.78, 5) is 17.5. The van der Waals surface area contributed by atoms with Crippen molar-refractivity contribution in [3.63, 3.8) is 0 Å². The number of anilines is 2. The number of hydrogen-bond donors (Lipinski definition) is 3. The van der Waals surface area contributed by atoms with Gasteiger partial charge in [0.15, 0.2) is 0 Å². The highest BCUT2D eigenvalue weighted by Crippen LogP contribution is 2.32. The molecule has 0 fully saturated rings. The highest BCUT2D eigenvalue weighted by molar-refractivity contribution is 7.22. The third-order valence-corrected chi connectivity index (χ3v) is 4.48. The number of aromatic nitrogens is 1. The number of nitrogens with one attached hydrogen (secondary N) is 1. The van der Waals surface area contributed by atoms with Gasteiger partial charge < -0.3 is 15.9 Å². The Morgan fingerprint density at radius 2 is 2.25 bits per heavy atom. The first-order valence-electron chi connectivity index (χ1n) is 6.27. The molecule has 3 rings (SSSR count). The minimum atomic E-state index is -0.244. The van der Waals surface area contributed by atoms with Gasteiger partial charge >= 0.3 is 0 Å². The van der Waals surface area contributed by atoms with E-state index < -0.39 is 0 Å². The number of ether oxygens (including phenoxy) is 1. The zero-order chi connectivity index (χ0) is 14.5. The Bertz CT molecular complexity index is 754. The maximum atomic E-state index is 12.2. The third kappa shape index (κ3) is 2.04. The van der Waals surface area contributed by atoms with E-state index in [-0.39, 0.29) is 16.7 Å². The standard InChI is InChI=1S/C13H16N4O2S/c1-13(2)4-8-6(5-19-13)3-7-10(18)9(14)12(17-15)20-11(7)16-8/h3,17H,4-5,14-15H2,1-2H3. The Labute approximate surface area is 119 Å². The summed E-state index contributed by atoms with van der Waals surface area (Å²) >= 11 is 1.29. The van der Waals surface area contributed by atoms with Crippen molar-refractivity contribution >= 4 is 32.2 Å². The molecule has 0 unspecified atom stereocenters. The van der Waals surface area contributed by atoms with E-state index in [1.807, 2.05) is 19.9 Å². The van der Waals surface area contributed by atoms with Crippen LogP contribution in [0, 0.1) is 0 Å². The summed E-state index contributed by atoms with van der Waals surface area (Å²) in [6.07, 6.45) is 0.717. The number of fused-ring (bicyclic) bond motifs is 2. The second kappa shape index (κ2) is 4.41. The molecule has 6 nitrogen and oxygen atoms in total. The molecular formula is C13H16N4O2S. The van der Waals surface area contributed by atoms with Crippen molar-refractivity contribution in [3.05, 3.63) is 27.5 Å². The Kier molecular flexibility index (Phi) is 2.93. The molecule has 3 heterocycles. The molecule has 0 saturated carbocycles. The molecule has 0 aromatic carbocycles. The van der Waals surface area contributed by atoms with E-state index in [1.54, 1.807) is 0 Å². The molecule has 0 bridgehead atoms. The van der Waals surface area contributed by atoms with Crippen molar-refractivity contribution in [3.8, 4) is 0 Å². The number of hydrazine groups is 1. The fraction of sp³-hybridized carbons (Fsp3) is 0.385. The van der Waals surface area contributed by atoms with Gasteiger partial charge in [0.05, 0.1) is 23.3 Å². The zero-order valence-corrected chi connectivity index (χ0v) is 12.1.